The topological polar surface area (TPSA) is 31.2 Å². The zero-order valence-corrected chi connectivity index (χ0v) is 11.8. The van der Waals surface area contributed by atoms with E-state index >= 15 is 0 Å². The van der Waals surface area contributed by atoms with Crippen molar-refractivity contribution in [2.75, 3.05) is 7.11 Å². The van der Waals surface area contributed by atoms with Crippen molar-refractivity contribution in [3.63, 3.8) is 0 Å². The maximum atomic E-state index is 12.3. The Balaban J connectivity index is 2.03. The van der Waals surface area contributed by atoms with E-state index in [9.17, 15) is 4.79 Å². The molecule has 0 bridgehead atoms. The third-order valence-corrected chi connectivity index (χ3v) is 4.18. The first-order chi connectivity index (χ1) is 10.3. The van der Waals surface area contributed by atoms with E-state index in [2.05, 4.69) is 16.7 Å². The van der Waals surface area contributed by atoms with Crippen LogP contribution in [0.5, 0.6) is 5.75 Å². The van der Waals surface area contributed by atoms with Crippen molar-refractivity contribution in [1.29, 1.82) is 0 Å². The van der Waals surface area contributed by atoms with E-state index in [1.54, 1.807) is 7.11 Å². The first-order valence-electron chi connectivity index (χ1n) is 7.08. The summed E-state index contributed by atoms with van der Waals surface area (Å²) in [6.07, 6.45) is 0.601. The summed E-state index contributed by atoms with van der Waals surface area (Å²) in [5, 5.41) is 1.14. The monoisotopic (exact) mass is 277 g/mol. The lowest BCUT2D eigenvalue weighted by Gasteiger charge is -2.04. The molecular formula is C18H15NO2. The second-order valence-electron chi connectivity index (χ2n) is 5.29. The molecule has 0 radical (unpaired) electrons. The van der Waals surface area contributed by atoms with Gasteiger partial charge in [0.1, 0.15) is 5.75 Å². The summed E-state index contributed by atoms with van der Waals surface area (Å²) >= 11 is 0. The number of para-hydroxylation sites is 1. The number of ketones is 1. The van der Waals surface area contributed by atoms with Crippen molar-refractivity contribution in [2.24, 2.45) is 0 Å². The van der Waals surface area contributed by atoms with Gasteiger partial charge in [0.05, 0.1) is 12.8 Å². The smallest absolute Gasteiger partial charge is 0.181 e. The molecule has 3 aromatic rings. The molecular weight excluding hydrogens is 262 g/mol. The number of hydrogen-bond donors (Lipinski definition) is 0. The fourth-order valence-electron chi connectivity index (χ4n) is 3.21. The van der Waals surface area contributed by atoms with Crippen LogP contribution in [-0.4, -0.2) is 17.5 Å². The van der Waals surface area contributed by atoms with Gasteiger partial charge in [0.2, 0.25) is 0 Å². The first-order valence-corrected chi connectivity index (χ1v) is 7.08. The summed E-state index contributed by atoms with van der Waals surface area (Å²) in [5.41, 5.74) is 4.11. The molecule has 0 spiro atoms. The Labute approximate surface area is 122 Å². The Morgan fingerprint density at radius 3 is 2.57 bits per heavy atom. The summed E-state index contributed by atoms with van der Waals surface area (Å²) in [7, 11) is 1.66. The van der Waals surface area contributed by atoms with Crippen molar-refractivity contribution in [1.82, 2.24) is 4.57 Å². The molecule has 0 aliphatic carbocycles. The third kappa shape index (κ3) is 1.70. The van der Waals surface area contributed by atoms with E-state index < -0.39 is 0 Å². The number of Topliss-reactive ketones (excluding diaryl/α,β-unsaturated/α-hetero) is 1. The second kappa shape index (κ2) is 4.48. The lowest BCUT2D eigenvalue weighted by atomic mass is 10.00. The van der Waals surface area contributed by atoms with E-state index in [-0.39, 0.29) is 5.78 Å². The van der Waals surface area contributed by atoms with Crippen LogP contribution < -0.4 is 4.74 Å². The zero-order valence-electron chi connectivity index (χ0n) is 11.8. The SMILES string of the molecule is COc1ccc(-c2c3n(c4ccccc24)CCC3=O)cc1. The Bertz CT molecular complexity index is 844. The average molecular weight is 277 g/mol. The minimum Gasteiger partial charge on any atom is -0.497 e. The quantitative estimate of drug-likeness (QED) is 0.711. The molecule has 0 amide bonds. The van der Waals surface area contributed by atoms with Gasteiger partial charge in [0, 0.05) is 29.4 Å². The Kier molecular flexibility index (Phi) is 2.61. The number of nitrogens with zero attached hydrogens (tertiary/aromatic N) is 1. The van der Waals surface area contributed by atoms with Crippen molar-refractivity contribution in [2.45, 2.75) is 13.0 Å². The van der Waals surface area contributed by atoms with Crippen molar-refractivity contribution in [3.8, 4) is 16.9 Å². The number of methoxy groups -OCH3 is 1. The molecule has 0 atom stereocenters. The molecule has 1 aliphatic rings. The lowest BCUT2D eigenvalue weighted by Crippen LogP contribution is -1.95. The predicted octanol–water partition coefficient (Wildman–Crippen LogP) is 3.90. The van der Waals surface area contributed by atoms with E-state index in [0.29, 0.717) is 6.42 Å². The van der Waals surface area contributed by atoms with Gasteiger partial charge in [-0.25, -0.2) is 0 Å². The van der Waals surface area contributed by atoms with Gasteiger partial charge in [0.15, 0.2) is 5.78 Å². The molecule has 0 unspecified atom stereocenters. The van der Waals surface area contributed by atoms with Gasteiger partial charge in [-0.05, 0) is 23.8 Å². The number of ether oxygens (including phenoxy) is 1. The standard InChI is InChI=1S/C18H15NO2/c1-21-13-8-6-12(7-9-13)17-14-4-2-3-5-15(14)19-11-10-16(20)18(17)19/h2-9H,10-11H2,1H3. The number of aromatic nitrogens is 1. The summed E-state index contributed by atoms with van der Waals surface area (Å²) < 4.78 is 7.37. The maximum absolute atomic E-state index is 12.3. The minimum atomic E-state index is 0.233. The van der Waals surface area contributed by atoms with E-state index in [1.165, 1.54) is 0 Å². The highest BCUT2D eigenvalue weighted by Gasteiger charge is 2.27. The molecule has 104 valence electrons. The molecule has 21 heavy (non-hydrogen) atoms. The fourth-order valence-corrected chi connectivity index (χ4v) is 3.21. The number of carbonyl (C=O) groups is 1. The summed E-state index contributed by atoms with van der Waals surface area (Å²) in [6.45, 7) is 0.783. The molecule has 0 saturated carbocycles. The molecule has 2 heterocycles. The van der Waals surface area contributed by atoms with Crippen molar-refractivity contribution in [3.05, 3.63) is 54.2 Å². The predicted molar refractivity (Wildman–Crippen MR) is 82.9 cm³/mol. The fraction of sp³-hybridized carbons (Fsp3) is 0.167. The van der Waals surface area contributed by atoms with Gasteiger partial charge < -0.3 is 9.30 Å². The number of hydrogen-bond acceptors (Lipinski definition) is 2. The molecule has 0 fully saturated rings. The highest BCUT2D eigenvalue weighted by atomic mass is 16.5. The van der Waals surface area contributed by atoms with Gasteiger partial charge in [-0.2, -0.15) is 0 Å². The van der Waals surface area contributed by atoms with E-state index in [4.69, 9.17) is 4.74 Å². The third-order valence-electron chi connectivity index (χ3n) is 4.18. The number of carbonyl (C=O) groups excluding carboxylic acids is 1. The van der Waals surface area contributed by atoms with Crippen LogP contribution >= 0.6 is 0 Å². The first kappa shape index (κ1) is 12.2. The summed E-state index contributed by atoms with van der Waals surface area (Å²) in [6, 6.07) is 16.1. The number of rotatable bonds is 2. The largest absolute Gasteiger partial charge is 0.497 e. The Hall–Kier alpha value is -2.55. The van der Waals surface area contributed by atoms with E-state index in [0.717, 1.165) is 40.0 Å². The van der Waals surface area contributed by atoms with Crippen LogP contribution in [0.1, 0.15) is 16.9 Å². The number of aryl methyl sites for hydroxylation is 1. The van der Waals surface area contributed by atoms with Gasteiger partial charge >= 0.3 is 0 Å². The molecule has 3 heteroatoms. The highest BCUT2D eigenvalue weighted by Crippen LogP contribution is 2.38. The van der Waals surface area contributed by atoms with E-state index in [1.807, 2.05) is 36.4 Å². The molecule has 0 N–H and O–H groups in total. The van der Waals surface area contributed by atoms with Crippen LogP contribution in [0.3, 0.4) is 0 Å². The van der Waals surface area contributed by atoms with Crippen LogP contribution in [0.2, 0.25) is 0 Å². The molecule has 0 saturated heterocycles. The molecule has 4 rings (SSSR count). The van der Waals surface area contributed by atoms with Crippen molar-refractivity contribution < 1.29 is 9.53 Å². The summed E-state index contributed by atoms with van der Waals surface area (Å²) in [4.78, 5) is 12.3. The van der Waals surface area contributed by atoms with Gasteiger partial charge in [-0.15, -0.1) is 0 Å². The van der Waals surface area contributed by atoms with Crippen LogP contribution in [-0.2, 0) is 6.54 Å². The lowest BCUT2D eigenvalue weighted by molar-refractivity contribution is 0.0995. The normalized spacial score (nSPS) is 13.7. The zero-order chi connectivity index (χ0) is 14.4. The maximum Gasteiger partial charge on any atom is 0.181 e. The van der Waals surface area contributed by atoms with Crippen LogP contribution in [0.15, 0.2) is 48.5 Å². The Morgan fingerprint density at radius 2 is 1.81 bits per heavy atom. The number of fused-ring (bicyclic) bond motifs is 3. The second-order valence-corrected chi connectivity index (χ2v) is 5.29. The molecule has 1 aliphatic heterocycles. The average Bonchev–Trinajstić information content (AvgIpc) is 3.06. The van der Waals surface area contributed by atoms with Gasteiger partial charge in [0.25, 0.3) is 0 Å². The van der Waals surface area contributed by atoms with Crippen LogP contribution in [0.25, 0.3) is 22.0 Å². The van der Waals surface area contributed by atoms with Crippen molar-refractivity contribution >= 4 is 16.7 Å². The van der Waals surface area contributed by atoms with Gasteiger partial charge in [-0.1, -0.05) is 30.3 Å². The highest BCUT2D eigenvalue weighted by molar-refractivity contribution is 6.12. The Morgan fingerprint density at radius 1 is 1.05 bits per heavy atom. The van der Waals surface area contributed by atoms with Gasteiger partial charge in [-0.3, -0.25) is 4.79 Å². The molecule has 3 nitrogen and oxygen atoms in total. The summed E-state index contributed by atoms with van der Waals surface area (Å²) in [5.74, 6) is 1.06. The van der Waals surface area contributed by atoms with Crippen LogP contribution in [0.4, 0.5) is 0 Å². The molecule has 2 aromatic carbocycles. The number of benzene rings is 2. The molecule has 1 aromatic heterocycles. The minimum absolute atomic E-state index is 0.233. The van der Waals surface area contributed by atoms with Crippen LogP contribution in [0, 0.1) is 0 Å².